The van der Waals surface area contributed by atoms with Gasteiger partial charge in [-0.3, -0.25) is 5.43 Å². The largest absolute Gasteiger partial charge is 0.356 e. The van der Waals surface area contributed by atoms with E-state index in [1.54, 1.807) is 12.1 Å². The molecule has 82 valence electrons. The van der Waals surface area contributed by atoms with Crippen LogP contribution in [0.4, 0.5) is 4.39 Å². The minimum absolute atomic E-state index is 0.244. The number of nitrogens with one attached hydrogen (secondary N) is 2. The average molecular weight is 210 g/mol. The Hall–Kier alpha value is -1.62. The molecule has 0 unspecified atom stereocenters. The van der Waals surface area contributed by atoms with Crippen LogP contribution in [0, 0.1) is 5.82 Å². The van der Waals surface area contributed by atoms with Gasteiger partial charge >= 0.3 is 0 Å². The molecule has 0 aromatic heterocycles. The molecule has 1 aromatic rings. The maximum absolute atomic E-state index is 12.6. The highest BCUT2D eigenvalue weighted by atomic mass is 19.1. The quantitative estimate of drug-likeness (QED) is 0.298. The molecule has 0 spiro atoms. The molecule has 0 fully saturated rings. The third-order valence-electron chi connectivity index (χ3n) is 1.81. The SMILES string of the molecule is CCNC(=NCc1ccc(F)cc1)NN. The minimum Gasteiger partial charge on any atom is -0.356 e. The summed E-state index contributed by atoms with van der Waals surface area (Å²) in [4.78, 5) is 4.18. The zero-order valence-electron chi connectivity index (χ0n) is 8.63. The normalized spacial score (nSPS) is 11.3. The van der Waals surface area contributed by atoms with Crippen molar-refractivity contribution in [1.82, 2.24) is 10.7 Å². The Bertz CT molecular complexity index is 321. The van der Waals surface area contributed by atoms with E-state index in [4.69, 9.17) is 5.84 Å². The maximum Gasteiger partial charge on any atom is 0.206 e. The van der Waals surface area contributed by atoms with Crippen molar-refractivity contribution in [3.8, 4) is 0 Å². The fourth-order valence-electron chi connectivity index (χ4n) is 1.08. The lowest BCUT2D eigenvalue weighted by Crippen LogP contribution is -2.41. The number of hydrazine groups is 1. The Kier molecular flexibility index (Phi) is 4.56. The molecular formula is C10H15FN4. The molecule has 5 heteroatoms. The van der Waals surface area contributed by atoms with E-state index in [1.807, 2.05) is 6.92 Å². The summed E-state index contributed by atoms with van der Waals surface area (Å²) in [6.45, 7) is 3.16. The predicted octanol–water partition coefficient (Wildman–Crippen LogP) is 0.755. The average Bonchev–Trinajstić information content (AvgIpc) is 2.26. The van der Waals surface area contributed by atoms with Crippen LogP contribution in [0.3, 0.4) is 0 Å². The molecule has 0 radical (unpaired) electrons. The molecule has 0 aliphatic carbocycles. The van der Waals surface area contributed by atoms with Crippen molar-refractivity contribution < 1.29 is 4.39 Å². The molecule has 1 aromatic carbocycles. The fourth-order valence-corrected chi connectivity index (χ4v) is 1.08. The van der Waals surface area contributed by atoms with Gasteiger partial charge in [0.25, 0.3) is 0 Å². The van der Waals surface area contributed by atoms with E-state index < -0.39 is 0 Å². The fraction of sp³-hybridized carbons (Fsp3) is 0.300. The minimum atomic E-state index is -0.244. The molecule has 1 rings (SSSR count). The van der Waals surface area contributed by atoms with Crippen molar-refractivity contribution in [3.05, 3.63) is 35.6 Å². The number of nitrogens with zero attached hydrogens (tertiary/aromatic N) is 1. The molecule has 0 atom stereocenters. The first-order valence-electron chi connectivity index (χ1n) is 4.75. The Morgan fingerprint density at radius 1 is 1.40 bits per heavy atom. The molecule has 15 heavy (non-hydrogen) atoms. The summed E-state index contributed by atoms with van der Waals surface area (Å²) in [5, 5.41) is 2.95. The zero-order valence-corrected chi connectivity index (χ0v) is 8.63. The van der Waals surface area contributed by atoms with Gasteiger partial charge in [-0.05, 0) is 24.6 Å². The van der Waals surface area contributed by atoms with Crippen LogP contribution in [0.1, 0.15) is 12.5 Å². The third-order valence-corrected chi connectivity index (χ3v) is 1.81. The van der Waals surface area contributed by atoms with Gasteiger partial charge in [-0.2, -0.15) is 0 Å². The van der Waals surface area contributed by atoms with Gasteiger partial charge in [0, 0.05) is 6.54 Å². The summed E-state index contributed by atoms with van der Waals surface area (Å²) >= 11 is 0. The van der Waals surface area contributed by atoms with Gasteiger partial charge < -0.3 is 5.32 Å². The first kappa shape index (κ1) is 11.5. The zero-order chi connectivity index (χ0) is 11.1. The standard InChI is InChI=1S/C10H15FN4/c1-2-13-10(15-12)14-7-8-3-5-9(11)6-4-8/h3-6H,2,7,12H2,1H3,(H2,13,14,15). The van der Waals surface area contributed by atoms with Crippen molar-refractivity contribution in [1.29, 1.82) is 0 Å². The maximum atomic E-state index is 12.6. The van der Waals surface area contributed by atoms with Crippen molar-refractivity contribution in [2.75, 3.05) is 6.54 Å². The summed E-state index contributed by atoms with van der Waals surface area (Å²) in [6, 6.07) is 6.21. The number of benzene rings is 1. The van der Waals surface area contributed by atoms with E-state index in [2.05, 4.69) is 15.7 Å². The van der Waals surface area contributed by atoms with Crippen molar-refractivity contribution in [2.24, 2.45) is 10.8 Å². The number of rotatable bonds is 3. The second-order valence-corrected chi connectivity index (χ2v) is 2.97. The molecule has 4 nitrogen and oxygen atoms in total. The summed E-state index contributed by atoms with van der Waals surface area (Å²) in [7, 11) is 0. The van der Waals surface area contributed by atoms with Crippen LogP contribution in [-0.4, -0.2) is 12.5 Å². The van der Waals surface area contributed by atoms with Crippen LogP contribution in [0.25, 0.3) is 0 Å². The van der Waals surface area contributed by atoms with E-state index in [0.717, 1.165) is 12.1 Å². The van der Waals surface area contributed by atoms with Gasteiger partial charge in [-0.1, -0.05) is 12.1 Å². The van der Waals surface area contributed by atoms with Gasteiger partial charge in [-0.25, -0.2) is 15.2 Å². The third kappa shape index (κ3) is 3.95. The number of hydrogen-bond donors (Lipinski definition) is 3. The first-order valence-corrected chi connectivity index (χ1v) is 4.75. The molecule has 0 bridgehead atoms. The molecule has 0 saturated heterocycles. The number of nitrogens with two attached hydrogens (primary N) is 1. The highest BCUT2D eigenvalue weighted by Gasteiger charge is 1.95. The first-order chi connectivity index (χ1) is 7.26. The summed E-state index contributed by atoms with van der Waals surface area (Å²) < 4.78 is 12.6. The van der Waals surface area contributed by atoms with Crippen molar-refractivity contribution >= 4 is 5.96 Å². The van der Waals surface area contributed by atoms with E-state index in [1.165, 1.54) is 12.1 Å². The van der Waals surface area contributed by atoms with E-state index in [9.17, 15) is 4.39 Å². The molecule has 0 heterocycles. The Morgan fingerprint density at radius 3 is 2.60 bits per heavy atom. The van der Waals surface area contributed by atoms with Crippen molar-refractivity contribution in [3.63, 3.8) is 0 Å². The lowest BCUT2D eigenvalue weighted by molar-refractivity contribution is 0.627. The number of halogens is 1. The van der Waals surface area contributed by atoms with E-state index in [-0.39, 0.29) is 5.82 Å². The van der Waals surface area contributed by atoms with Gasteiger partial charge in [0.2, 0.25) is 5.96 Å². The van der Waals surface area contributed by atoms with Crippen LogP contribution in [0.2, 0.25) is 0 Å². The molecule has 0 amide bonds. The molecule has 4 N–H and O–H groups in total. The molecular weight excluding hydrogens is 195 g/mol. The summed E-state index contributed by atoms with van der Waals surface area (Å²) in [5.74, 6) is 5.53. The summed E-state index contributed by atoms with van der Waals surface area (Å²) in [5.41, 5.74) is 3.38. The molecule has 0 saturated carbocycles. The van der Waals surface area contributed by atoms with Gasteiger partial charge in [-0.15, -0.1) is 0 Å². The van der Waals surface area contributed by atoms with Gasteiger partial charge in [0.1, 0.15) is 5.82 Å². The molecule has 0 aliphatic rings. The van der Waals surface area contributed by atoms with Crippen LogP contribution in [0.15, 0.2) is 29.3 Å². The lowest BCUT2D eigenvalue weighted by Gasteiger charge is -2.06. The Balaban J connectivity index is 2.57. The Morgan fingerprint density at radius 2 is 2.07 bits per heavy atom. The van der Waals surface area contributed by atoms with Crippen LogP contribution < -0.4 is 16.6 Å². The molecule has 0 aliphatic heterocycles. The monoisotopic (exact) mass is 210 g/mol. The van der Waals surface area contributed by atoms with Crippen LogP contribution >= 0.6 is 0 Å². The Labute approximate surface area is 88.4 Å². The number of hydrogen-bond acceptors (Lipinski definition) is 2. The lowest BCUT2D eigenvalue weighted by atomic mass is 10.2. The second kappa shape index (κ2) is 5.98. The van der Waals surface area contributed by atoms with E-state index in [0.29, 0.717) is 12.5 Å². The predicted molar refractivity (Wildman–Crippen MR) is 58.5 cm³/mol. The highest BCUT2D eigenvalue weighted by molar-refractivity contribution is 5.79. The topological polar surface area (TPSA) is 62.4 Å². The number of aliphatic imine (C=N–C) groups is 1. The van der Waals surface area contributed by atoms with E-state index >= 15 is 0 Å². The number of guanidine groups is 1. The van der Waals surface area contributed by atoms with Crippen LogP contribution in [0.5, 0.6) is 0 Å². The van der Waals surface area contributed by atoms with Gasteiger partial charge in [0.15, 0.2) is 0 Å². The van der Waals surface area contributed by atoms with Gasteiger partial charge in [0.05, 0.1) is 6.54 Å². The smallest absolute Gasteiger partial charge is 0.206 e. The second-order valence-electron chi connectivity index (χ2n) is 2.97. The highest BCUT2D eigenvalue weighted by Crippen LogP contribution is 2.03. The van der Waals surface area contributed by atoms with Crippen molar-refractivity contribution in [2.45, 2.75) is 13.5 Å². The summed E-state index contributed by atoms with van der Waals surface area (Å²) in [6.07, 6.45) is 0. The van der Waals surface area contributed by atoms with Crippen LogP contribution in [-0.2, 0) is 6.54 Å².